The van der Waals surface area contributed by atoms with E-state index in [1.807, 2.05) is 41.1 Å². The van der Waals surface area contributed by atoms with E-state index in [2.05, 4.69) is 26.2 Å². The van der Waals surface area contributed by atoms with E-state index in [-0.39, 0.29) is 22.7 Å². The fraction of sp³-hybridized carbons (Fsp3) is 0.360. The molecular weight excluding hydrogens is 464 g/mol. The van der Waals surface area contributed by atoms with Crippen LogP contribution in [-0.4, -0.2) is 68.8 Å². The average molecular weight is 493 g/mol. The second kappa shape index (κ2) is 10.5. The quantitative estimate of drug-likeness (QED) is 0.291. The molecule has 2 saturated heterocycles. The summed E-state index contributed by atoms with van der Waals surface area (Å²) >= 11 is 5.81. The van der Waals surface area contributed by atoms with E-state index >= 15 is 0 Å². The first-order valence-corrected chi connectivity index (χ1v) is 12.2. The summed E-state index contributed by atoms with van der Waals surface area (Å²) in [5.74, 6) is 0. The first-order chi connectivity index (χ1) is 17.1. The van der Waals surface area contributed by atoms with E-state index in [0.29, 0.717) is 5.11 Å². The van der Waals surface area contributed by atoms with Gasteiger partial charge < -0.3 is 19.5 Å². The Morgan fingerprint density at radius 3 is 2.74 bits per heavy atom. The third kappa shape index (κ3) is 5.04. The molecule has 0 saturated carbocycles. The van der Waals surface area contributed by atoms with Crippen LogP contribution in [0.2, 0.25) is 0 Å². The number of nitrogens with one attached hydrogen (secondary N) is 1. The van der Waals surface area contributed by atoms with Crippen molar-refractivity contribution in [1.29, 1.82) is 0 Å². The monoisotopic (exact) mass is 492 g/mol. The number of nitro benzene ring substituents is 1. The maximum absolute atomic E-state index is 11.4. The zero-order chi connectivity index (χ0) is 24.2. The molecule has 10 heteroatoms. The van der Waals surface area contributed by atoms with Crippen molar-refractivity contribution in [3.8, 4) is 5.69 Å². The molecule has 1 aromatic carbocycles. The van der Waals surface area contributed by atoms with Gasteiger partial charge >= 0.3 is 0 Å². The highest BCUT2D eigenvalue weighted by molar-refractivity contribution is 7.80. The molecule has 1 N–H and O–H groups in total. The Bertz CT molecular complexity index is 1180. The Balaban J connectivity index is 1.46. The minimum absolute atomic E-state index is 0.0610. The van der Waals surface area contributed by atoms with Crippen molar-refractivity contribution in [2.24, 2.45) is 0 Å². The lowest BCUT2D eigenvalue weighted by Crippen LogP contribution is -2.39. The van der Waals surface area contributed by atoms with Crippen LogP contribution in [0.3, 0.4) is 0 Å². The van der Waals surface area contributed by atoms with Gasteiger partial charge in [0.15, 0.2) is 5.11 Å². The fourth-order valence-electron chi connectivity index (χ4n) is 4.88. The summed E-state index contributed by atoms with van der Waals surface area (Å²) in [6.07, 6.45) is 4.69. The summed E-state index contributed by atoms with van der Waals surface area (Å²) in [4.78, 5) is 20.3. The Morgan fingerprint density at radius 1 is 1.11 bits per heavy atom. The lowest BCUT2D eigenvalue weighted by Gasteiger charge is -2.31. The number of hydrogen-bond acceptors (Lipinski definition) is 6. The minimum atomic E-state index is -0.368. The van der Waals surface area contributed by atoms with Gasteiger partial charge in [-0.2, -0.15) is 0 Å². The standard InChI is InChI=1S/C25H28N6O3S/c32-31(33)20-7-3-6-19(18-20)29-12-4-9-22(29)24-23(21-8-1-2-10-26-21)27-25(35)30(24)13-5-11-28-14-16-34-17-15-28/h1-4,6-10,12,18,23-24H,5,11,13-17H2,(H,27,35)/t23-,24+/m0/s1. The highest BCUT2D eigenvalue weighted by Gasteiger charge is 2.41. The van der Waals surface area contributed by atoms with Crippen molar-refractivity contribution in [2.75, 3.05) is 39.4 Å². The van der Waals surface area contributed by atoms with E-state index in [1.54, 1.807) is 18.3 Å². The summed E-state index contributed by atoms with van der Waals surface area (Å²) in [6.45, 7) is 5.25. The van der Waals surface area contributed by atoms with Gasteiger partial charge in [0.05, 0.1) is 41.6 Å². The zero-order valence-corrected chi connectivity index (χ0v) is 20.1. The second-order valence-electron chi connectivity index (χ2n) is 8.71. The number of pyridine rings is 1. The number of rotatable bonds is 8. The van der Waals surface area contributed by atoms with Gasteiger partial charge in [-0.3, -0.25) is 20.0 Å². The zero-order valence-electron chi connectivity index (χ0n) is 19.3. The van der Waals surface area contributed by atoms with Crippen LogP contribution in [-0.2, 0) is 4.74 Å². The first-order valence-electron chi connectivity index (χ1n) is 11.8. The molecule has 9 nitrogen and oxygen atoms in total. The van der Waals surface area contributed by atoms with E-state index in [9.17, 15) is 10.1 Å². The third-order valence-electron chi connectivity index (χ3n) is 6.58. The van der Waals surface area contributed by atoms with Crippen LogP contribution in [0, 0.1) is 10.1 Å². The van der Waals surface area contributed by atoms with Crippen molar-refractivity contribution >= 4 is 23.0 Å². The van der Waals surface area contributed by atoms with Crippen molar-refractivity contribution in [2.45, 2.75) is 18.5 Å². The summed E-state index contributed by atoms with van der Waals surface area (Å²) in [5.41, 5.74) is 2.71. The minimum Gasteiger partial charge on any atom is -0.379 e. The first kappa shape index (κ1) is 23.4. The van der Waals surface area contributed by atoms with Crippen molar-refractivity contribution in [3.63, 3.8) is 0 Å². The second-order valence-corrected chi connectivity index (χ2v) is 9.09. The number of nitro groups is 1. The summed E-state index contributed by atoms with van der Waals surface area (Å²) in [5, 5.41) is 15.6. The highest BCUT2D eigenvalue weighted by atomic mass is 32.1. The predicted octanol–water partition coefficient (Wildman–Crippen LogP) is 3.48. The maximum Gasteiger partial charge on any atom is 0.271 e. The summed E-state index contributed by atoms with van der Waals surface area (Å²) < 4.78 is 7.48. The van der Waals surface area contributed by atoms with Crippen LogP contribution in [0.15, 0.2) is 67.0 Å². The van der Waals surface area contributed by atoms with Gasteiger partial charge in [0, 0.05) is 56.4 Å². The van der Waals surface area contributed by atoms with E-state index in [1.165, 1.54) is 6.07 Å². The summed E-state index contributed by atoms with van der Waals surface area (Å²) in [6, 6.07) is 16.4. The number of morpholine rings is 1. The molecule has 0 bridgehead atoms. The largest absolute Gasteiger partial charge is 0.379 e. The number of aromatic nitrogens is 2. The molecule has 0 radical (unpaired) electrons. The molecule has 0 spiro atoms. The predicted molar refractivity (Wildman–Crippen MR) is 136 cm³/mol. The number of nitrogens with zero attached hydrogens (tertiary/aromatic N) is 5. The Labute approximate surface area is 209 Å². The van der Waals surface area contributed by atoms with Gasteiger partial charge in [0.1, 0.15) is 0 Å². The average Bonchev–Trinajstić information content (AvgIpc) is 3.50. The van der Waals surface area contributed by atoms with Gasteiger partial charge in [-0.25, -0.2) is 0 Å². The molecule has 0 unspecified atom stereocenters. The number of hydrogen-bond donors (Lipinski definition) is 1. The van der Waals surface area contributed by atoms with Crippen LogP contribution < -0.4 is 5.32 Å². The molecule has 2 atom stereocenters. The SMILES string of the molecule is O=[N+]([O-])c1cccc(-n2cccc2[C@@H]2[C@H](c3ccccn3)NC(=S)N2CCCN2CCOCC2)c1. The number of non-ortho nitro benzene ring substituents is 1. The summed E-state index contributed by atoms with van der Waals surface area (Å²) in [7, 11) is 0. The number of thiocarbonyl (C=S) groups is 1. The number of ether oxygens (including phenoxy) is 1. The van der Waals surface area contributed by atoms with Gasteiger partial charge in [-0.1, -0.05) is 12.1 Å². The van der Waals surface area contributed by atoms with E-state index in [4.69, 9.17) is 17.0 Å². The Morgan fingerprint density at radius 2 is 1.97 bits per heavy atom. The maximum atomic E-state index is 11.4. The van der Waals surface area contributed by atoms with Gasteiger partial charge in [-0.05, 0) is 49.0 Å². The van der Waals surface area contributed by atoms with Gasteiger partial charge in [0.2, 0.25) is 0 Å². The van der Waals surface area contributed by atoms with Gasteiger partial charge in [-0.15, -0.1) is 0 Å². The molecule has 0 amide bonds. The topological polar surface area (TPSA) is 88.7 Å². The lowest BCUT2D eigenvalue weighted by molar-refractivity contribution is -0.384. The fourth-order valence-corrected chi connectivity index (χ4v) is 5.22. The van der Waals surface area contributed by atoms with Crippen LogP contribution in [0.5, 0.6) is 0 Å². The van der Waals surface area contributed by atoms with Crippen molar-refractivity contribution < 1.29 is 9.66 Å². The van der Waals surface area contributed by atoms with Crippen LogP contribution in [0.1, 0.15) is 29.9 Å². The van der Waals surface area contributed by atoms with Crippen LogP contribution >= 0.6 is 12.2 Å². The molecule has 0 aliphatic carbocycles. The highest BCUT2D eigenvalue weighted by Crippen LogP contribution is 2.39. The van der Waals surface area contributed by atoms with Gasteiger partial charge in [0.25, 0.3) is 5.69 Å². The molecule has 2 aromatic heterocycles. The Hall–Kier alpha value is -3.34. The molecule has 2 fully saturated rings. The smallest absolute Gasteiger partial charge is 0.271 e. The lowest BCUT2D eigenvalue weighted by atomic mass is 10.0. The molecular formula is C25H28N6O3S. The molecule has 35 heavy (non-hydrogen) atoms. The van der Waals surface area contributed by atoms with Crippen molar-refractivity contribution in [1.82, 2.24) is 24.7 Å². The molecule has 2 aliphatic heterocycles. The third-order valence-corrected chi connectivity index (χ3v) is 6.93. The van der Waals surface area contributed by atoms with E-state index in [0.717, 1.165) is 62.9 Å². The number of benzene rings is 1. The molecule has 3 aromatic rings. The Kier molecular flexibility index (Phi) is 7.03. The molecule has 182 valence electrons. The molecule has 4 heterocycles. The molecule has 2 aliphatic rings. The molecule has 5 rings (SSSR count). The van der Waals surface area contributed by atoms with E-state index < -0.39 is 0 Å². The van der Waals surface area contributed by atoms with Crippen LogP contribution in [0.25, 0.3) is 5.69 Å². The van der Waals surface area contributed by atoms with Crippen molar-refractivity contribution in [3.05, 3.63) is 88.5 Å². The van der Waals surface area contributed by atoms with Crippen LogP contribution in [0.4, 0.5) is 5.69 Å². The normalized spacial score (nSPS) is 20.7.